The Balaban J connectivity index is 1.63. The number of nitrogens with two attached hydrogens (primary N) is 1. The number of hydrogen-bond donors (Lipinski definition) is 2. The molecule has 0 spiro atoms. The second kappa shape index (κ2) is 5.64. The summed E-state index contributed by atoms with van der Waals surface area (Å²) in [4.78, 5) is 6.55. The molecule has 1 aliphatic rings. The van der Waals surface area contributed by atoms with Gasteiger partial charge in [0.05, 0.1) is 24.6 Å². The van der Waals surface area contributed by atoms with Crippen LogP contribution in [0.2, 0.25) is 0 Å². The molecule has 0 radical (unpaired) electrons. The van der Waals surface area contributed by atoms with E-state index in [9.17, 15) is 0 Å². The summed E-state index contributed by atoms with van der Waals surface area (Å²) in [5, 5.41) is 7.64. The summed E-state index contributed by atoms with van der Waals surface area (Å²) in [6.45, 7) is 7.63. The standard InChI is InChI=1S/C13H20N6O/c1-10-11(2-3-12-16-13(14)17-19(10)12)15-4-5-18-6-8-20-9-7-18/h2-3,15H,4-9H2,1H3,(H2,14,17). The van der Waals surface area contributed by atoms with Crippen LogP contribution in [0.25, 0.3) is 5.65 Å². The quantitative estimate of drug-likeness (QED) is 0.839. The van der Waals surface area contributed by atoms with E-state index >= 15 is 0 Å². The van der Waals surface area contributed by atoms with Crippen LogP contribution in [0.3, 0.4) is 0 Å². The van der Waals surface area contributed by atoms with Crippen LogP contribution in [0.1, 0.15) is 5.69 Å². The maximum absolute atomic E-state index is 5.63. The van der Waals surface area contributed by atoms with Crippen molar-refractivity contribution in [2.75, 3.05) is 50.4 Å². The van der Waals surface area contributed by atoms with Crippen molar-refractivity contribution in [2.45, 2.75) is 6.92 Å². The fraction of sp³-hybridized carbons (Fsp3) is 0.538. The highest BCUT2D eigenvalue weighted by atomic mass is 16.5. The molecule has 3 heterocycles. The molecule has 0 aliphatic carbocycles. The van der Waals surface area contributed by atoms with Gasteiger partial charge in [0.1, 0.15) is 0 Å². The van der Waals surface area contributed by atoms with E-state index in [1.807, 2.05) is 19.1 Å². The first kappa shape index (κ1) is 13.1. The predicted octanol–water partition coefficient (Wildman–Crippen LogP) is 0.364. The van der Waals surface area contributed by atoms with Gasteiger partial charge in [0.2, 0.25) is 5.95 Å². The van der Waals surface area contributed by atoms with E-state index < -0.39 is 0 Å². The molecule has 0 aromatic carbocycles. The minimum atomic E-state index is 0.304. The van der Waals surface area contributed by atoms with Crippen LogP contribution in [-0.4, -0.2) is 58.9 Å². The van der Waals surface area contributed by atoms with Crippen LogP contribution >= 0.6 is 0 Å². The molecular formula is C13H20N6O. The zero-order chi connectivity index (χ0) is 13.9. The molecular weight excluding hydrogens is 256 g/mol. The van der Waals surface area contributed by atoms with Crippen molar-refractivity contribution < 1.29 is 4.74 Å². The molecule has 1 fully saturated rings. The Morgan fingerprint density at radius 3 is 2.95 bits per heavy atom. The van der Waals surface area contributed by atoms with Gasteiger partial charge in [-0.25, -0.2) is 4.52 Å². The average Bonchev–Trinajstić information content (AvgIpc) is 2.84. The van der Waals surface area contributed by atoms with E-state index in [1.54, 1.807) is 4.52 Å². The Morgan fingerprint density at radius 2 is 2.15 bits per heavy atom. The second-order valence-electron chi connectivity index (χ2n) is 4.95. The molecule has 20 heavy (non-hydrogen) atoms. The number of fused-ring (bicyclic) bond motifs is 1. The molecule has 0 unspecified atom stereocenters. The summed E-state index contributed by atoms with van der Waals surface area (Å²) in [5.41, 5.74) is 8.49. The first-order chi connectivity index (χ1) is 9.74. The number of morpholine rings is 1. The molecule has 7 heteroatoms. The topological polar surface area (TPSA) is 80.7 Å². The van der Waals surface area contributed by atoms with Crippen molar-refractivity contribution >= 4 is 17.3 Å². The third-order valence-corrected chi connectivity index (χ3v) is 3.60. The molecule has 0 saturated carbocycles. The van der Waals surface area contributed by atoms with Crippen molar-refractivity contribution in [3.8, 4) is 0 Å². The van der Waals surface area contributed by atoms with Gasteiger partial charge in [-0.05, 0) is 19.1 Å². The Labute approximate surface area is 117 Å². The van der Waals surface area contributed by atoms with Gasteiger partial charge in [0.15, 0.2) is 5.65 Å². The van der Waals surface area contributed by atoms with Crippen LogP contribution in [-0.2, 0) is 4.74 Å². The maximum Gasteiger partial charge on any atom is 0.240 e. The van der Waals surface area contributed by atoms with Crippen molar-refractivity contribution in [1.82, 2.24) is 19.5 Å². The number of aromatic nitrogens is 3. The normalized spacial score (nSPS) is 16.6. The first-order valence-electron chi connectivity index (χ1n) is 6.90. The average molecular weight is 276 g/mol. The van der Waals surface area contributed by atoms with Gasteiger partial charge in [-0.1, -0.05) is 0 Å². The second-order valence-corrected chi connectivity index (χ2v) is 4.95. The fourth-order valence-corrected chi connectivity index (χ4v) is 2.45. The number of pyridine rings is 1. The highest BCUT2D eigenvalue weighted by molar-refractivity contribution is 5.55. The minimum absolute atomic E-state index is 0.304. The van der Waals surface area contributed by atoms with Crippen molar-refractivity contribution in [2.24, 2.45) is 0 Å². The van der Waals surface area contributed by atoms with Crippen molar-refractivity contribution in [1.29, 1.82) is 0 Å². The van der Waals surface area contributed by atoms with Gasteiger partial charge in [0.25, 0.3) is 0 Å². The molecule has 1 aliphatic heterocycles. The van der Waals surface area contributed by atoms with Crippen LogP contribution in [0.5, 0.6) is 0 Å². The monoisotopic (exact) mass is 276 g/mol. The van der Waals surface area contributed by atoms with E-state index in [0.29, 0.717) is 5.95 Å². The maximum atomic E-state index is 5.63. The number of anilines is 2. The van der Waals surface area contributed by atoms with Gasteiger partial charge in [-0.3, -0.25) is 4.90 Å². The molecule has 2 aromatic heterocycles. The van der Waals surface area contributed by atoms with Crippen LogP contribution in [0.15, 0.2) is 12.1 Å². The van der Waals surface area contributed by atoms with E-state index in [0.717, 1.165) is 56.4 Å². The van der Waals surface area contributed by atoms with Crippen molar-refractivity contribution in [3.05, 3.63) is 17.8 Å². The number of rotatable bonds is 4. The summed E-state index contributed by atoms with van der Waals surface area (Å²) < 4.78 is 7.11. The van der Waals surface area contributed by atoms with Gasteiger partial charge < -0.3 is 15.8 Å². The van der Waals surface area contributed by atoms with Crippen LogP contribution in [0.4, 0.5) is 11.6 Å². The van der Waals surface area contributed by atoms with E-state index in [4.69, 9.17) is 10.5 Å². The lowest BCUT2D eigenvalue weighted by atomic mass is 10.3. The lowest BCUT2D eigenvalue weighted by Crippen LogP contribution is -2.39. The molecule has 0 amide bonds. The smallest absolute Gasteiger partial charge is 0.240 e. The fourth-order valence-electron chi connectivity index (χ4n) is 2.45. The lowest BCUT2D eigenvalue weighted by Gasteiger charge is -2.26. The highest BCUT2D eigenvalue weighted by Gasteiger charge is 2.10. The summed E-state index contributed by atoms with van der Waals surface area (Å²) in [7, 11) is 0. The summed E-state index contributed by atoms with van der Waals surface area (Å²) >= 11 is 0. The molecule has 7 nitrogen and oxygen atoms in total. The number of ether oxygens (including phenoxy) is 1. The zero-order valence-electron chi connectivity index (χ0n) is 11.7. The molecule has 3 N–H and O–H groups in total. The van der Waals surface area contributed by atoms with Crippen molar-refractivity contribution in [3.63, 3.8) is 0 Å². The largest absolute Gasteiger partial charge is 0.382 e. The number of aryl methyl sites for hydroxylation is 1. The Bertz CT molecular complexity index is 590. The van der Waals surface area contributed by atoms with Gasteiger partial charge in [-0.2, -0.15) is 4.98 Å². The third kappa shape index (κ3) is 2.68. The van der Waals surface area contributed by atoms with E-state index in [-0.39, 0.29) is 0 Å². The Hall–Kier alpha value is -1.86. The van der Waals surface area contributed by atoms with Gasteiger partial charge in [0, 0.05) is 26.2 Å². The number of nitrogens with one attached hydrogen (secondary N) is 1. The van der Waals surface area contributed by atoms with Crippen LogP contribution < -0.4 is 11.1 Å². The third-order valence-electron chi connectivity index (χ3n) is 3.60. The summed E-state index contributed by atoms with van der Waals surface area (Å²) in [6.07, 6.45) is 0. The molecule has 0 atom stereocenters. The van der Waals surface area contributed by atoms with E-state index in [2.05, 4.69) is 20.3 Å². The number of nitrogens with zero attached hydrogens (tertiary/aromatic N) is 4. The Kier molecular flexibility index (Phi) is 3.70. The predicted molar refractivity (Wildman–Crippen MR) is 77.9 cm³/mol. The van der Waals surface area contributed by atoms with Gasteiger partial charge >= 0.3 is 0 Å². The zero-order valence-corrected chi connectivity index (χ0v) is 11.7. The van der Waals surface area contributed by atoms with E-state index in [1.165, 1.54) is 0 Å². The number of nitrogen functional groups attached to an aromatic ring is 1. The number of hydrogen-bond acceptors (Lipinski definition) is 6. The summed E-state index contributed by atoms with van der Waals surface area (Å²) in [5.74, 6) is 0.304. The van der Waals surface area contributed by atoms with Gasteiger partial charge in [-0.15, -0.1) is 5.10 Å². The molecule has 108 valence electrons. The molecule has 3 rings (SSSR count). The van der Waals surface area contributed by atoms with Crippen LogP contribution in [0, 0.1) is 6.92 Å². The highest BCUT2D eigenvalue weighted by Crippen LogP contribution is 2.16. The first-order valence-corrected chi connectivity index (χ1v) is 6.90. The molecule has 2 aromatic rings. The Morgan fingerprint density at radius 1 is 1.35 bits per heavy atom. The summed E-state index contributed by atoms with van der Waals surface area (Å²) in [6, 6.07) is 3.95. The minimum Gasteiger partial charge on any atom is -0.382 e. The molecule has 1 saturated heterocycles. The SMILES string of the molecule is Cc1c(NCCN2CCOCC2)ccc2nc(N)nn12. The molecule has 0 bridgehead atoms. The lowest BCUT2D eigenvalue weighted by molar-refractivity contribution is 0.0398.